The predicted octanol–water partition coefficient (Wildman–Crippen LogP) is 2.83. The van der Waals surface area contributed by atoms with Crippen LogP contribution in [0.25, 0.3) is 0 Å². The summed E-state index contributed by atoms with van der Waals surface area (Å²) in [6.45, 7) is 1.51. The van der Waals surface area contributed by atoms with E-state index in [2.05, 4.69) is 4.72 Å². The minimum absolute atomic E-state index is 0.0156. The summed E-state index contributed by atoms with van der Waals surface area (Å²) in [6.07, 6.45) is 0. The molecule has 0 spiro atoms. The quantitative estimate of drug-likeness (QED) is 0.901. The van der Waals surface area contributed by atoms with E-state index in [4.69, 9.17) is 5.11 Å². The maximum absolute atomic E-state index is 13.1. The number of carboxylic acid groups (broad SMARTS) is 1. The van der Waals surface area contributed by atoms with Gasteiger partial charge >= 0.3 is 5.97 Å². The summed E-state index contributed by atoms with van der Waals surface area (Å²) in [6, 6.07) is 3.23. The number of thiophene rings is 1. The van der Waals surface area contributed by atoms with Crippen LogP contribution in [0.4, 0.5) is 13.8 Å². The third kappa shape index (κ3) is 3.37. The maximum Gasteiger partial charge on any atom is 0.346 e. The number of aromatic carboxylic acids is 1. The van der Waals surface area contributed by atoms with Gasteiger partial charge in [-0.2, -0.15) is 0 Å². The summed E-state index contributed by atoms with van der Waals surface area (Å²) in [5, 5.41) is 8.95. The Morgan fingerprint density at radius 1 is 1.19 bits per heavy atom. The van der Waals surface area contributed by atoms with E-state index in [-0.39, 0.29) is 9.88 Å². The standard InChI is InChI=1S/C12H9F2NO4S2/c1-6-2-10(20-11(6)12(16)17)15-21(18,19)9-4-7(13)3-8(14)5-9/h2-5,15H,1H3,(H,16,17). The Labute approximate surface area is 122 Å². The third-order valence-electron chi connectivity index (χ3n) is 2.49. The fourth-order valence-electron chi connectivity index (χ4n) is 1.62. The van der Waals surface area contributed by atoms with Crippen molar-refractivity contribution in [1.82, 2.24) is 0 Å². The molecule has 0 aliphatic rings. The smallest absolute Gasteiger partial charge is 0.346 e. The van der Waals surface area contributed by atoms with Gasteiger partial charge in [-0.15, -0.1) is 11.3 Å². The highest BCUT2D eigenvalue weighted by atomic mass is 32.2. The lowest BCUT2D eigenvalue weighted by Crippen LogP contribution is -2.12. The molecule has 0 aliphatic heterocycles. The van der Waals surface area contributed by atoms with Crippen molar-refractivity contribution >= 4 is 32.3 Å². The van der Waals surface area contributed by atoms with Crippen molar-refractivity contribution in [2.45, 2.75) is 11.8 Å². The Hall–Kier alpha value is -2.00. The average molecular weight is 333 g/mol. The second kappa shape index (κ2) is 5.41. The van der Waals surface area contributed by atoms with Gasteiger partial charge in [-0.25, -0.2) is 22.0 Å². The van der Waals surface area contributed by atoms with E-state index in [1.807, 2.05) is 0 Å². The molecule has 9 heteroatoms. The normalized spacial score (nSPS) is 11.4. The molecule has 0 aliphatic carbocycles. The monoisotopic (exact) mass is 333 g/mol. The number of halogens is 2. The van der Waals surface area contributed by atoms with E-state index < -0.39 is 32.5 Å². The molecule has 2 aromatic rings. The molecule has 1 aromatic carbocycles. The van der Waals surface area contributed by atoms with Crippen LogP contribution in [-0.2, 0) is 10.0 Å². The van der Waals surface area contributed by atoms with E-state index in [1.165, 1.54) is 13.0 Å². The van der Waals surface area contributed by atoms with Crippen LogP contribution in [0.2, 0.25) is 0 Å². The molecule has 0 saturated heterocycles. The summed E-state index contributed by atoms with van der Waals surface area (Å²) in [4.78, 5) is 10.3. The van der Waals surface area contributed by atoms with Crippen molar-refractivity contribution in [3.8, 4) is 0 Å². The van der Waals surface area contributed by atoms with Gasteiger partial charge in [0.15, 0.2) is 0 Å². The SMILES string of the molecule is Cc1cc(NS(=O)(=O)c2cc(F)cc(F)c2)sc1C(=O)O. The average Bonchev–Trinajstić information content (AvgIpc) is 2.68. The Bertz CT molecular complexity index is 794. The molecule has 0 atom stereocenters. The molecule has 1 heterocycles. The van der Waals surface area contributed by atoms with Gasteiger partial charge in [0, 0.05) is 6.07 Å². The number of hydrogen-bond donors (Lipinski definition) is 2. The summed E-state index contributed by atoms with van der Waals surface area (Å²) < 4.78 is 52.2. The summed E-state index contributed by atoms with van der Waals surface area (Å²) in [7, 11) is -4.20. The van der Waals surface area contributed by atoms with Gasteiger partial charge in [0.2, 0.25) is 0 Å². The van der Waals surface area contributed by atoms with Gasteiger partial charge in [-0.05, 0) is 30.7 Å². The van der Waals surface area contributed by atoms with Crippen LogP contribution in [-0.4, -0.2) is 19.5 Å². The largest absolute Gasteiger partial charge is 0.477 e. The van der Waals surface area contributed by atoms with Crippen LogP contribution in [0.15, 0.2) is 29.2 Å². The maximum atomic E-state index is 13.1. The van der Waals surface area contributed by atoms with Gasteiger partial charge in [-0.3, -0.25) is 4.72 Å². The lowest BCUT2D eigenvalue weighted by atomic mass is 10.3. The Balaban J connectivity index is 2.37. The first kappa shape index (κ1) is 15.4. The Kier molecular flexibility index (Phi) is 3.97. The molecule has 0 radical (unpaired) electrons. The Morgan fingerprint density at radius 2 is 1.76 bits per heavy atom. The fraction of sp³-hybridized carbons (Fsp3) is 0.0833. The van der Waals surface area contributed by atoms with Gasteiger partial charge in [0.05, 0.1) is 4.90 Å². The second-order valence-electron chi connectivity index (χ2n) is 4.14. The van der Waals surface area contributed by atoms with Crippen molar-refractivity contribution < 1.29 is 27.1 Å². The van der Waals surface area contributed by atoms with Crippen LogP contribution >= 0.6 is 11.3 Å². The molecule has 0 unspecified atom stereocenters. The van der Waals surface area contributed by atoms with E-state index >= 15 is 0 Å². The van der Waals surface area contributed by atoms with Crippen molar-refractivity contribution in [2.75, 3.05) is 4.72 Å². The zero-order valence-corrected chi connectivity index (χ0v) is 12.2. The number of carboxylic acids is 1. The lowest BCUT2D eigenvalue weighted by molar-refractivity contribution is 0.0701. The zero-order chi connectivity index (χ0) is 15.8. The second-order valence-corrected chi connectivity index (χ2v) is 6.87. The molecule has 5 nitrogen and oxygen atoms in total. The molecule has 21 heavy (non-hydrogen) atoms. The molecule has 0 bridgehead atoms. The summed E-state index contributed by atoms with van der Waals surface area (Å²) in [5.74, 6) is -3.23. The topological polar surface area (TPSA) is 83.5 Å². The molecule has 112 valence electrons. The number of anilines is 1. The van der Waals surface area contributed by atoms with Gasteiger partial charge < -0.3 is 5.11 Å². The molecule has 0 fully saturated rings. The molecule has 2 N–H and O–H groups in total. The van der Waals surface area contributed by atoms with Crippen LogP contribution in [0, 0.1) is 18.6 Å². The molecular weight excluding hydrogens is 324 g/mol. The van der Waals surface area contributed by atoms with Gasteiger partial charge in [0.1, 0.15) is 21.5 Å². The van der Waals surface area contributed by atoms with Crippen LogP contribution in [0.5, 0.6) is 0 Å². The molecule has 2 rings (SSSR count). The number of rotatable bonds is 4. The van der Waals surface area contributed by atoms with Gasteiger partial charge in [0.25, 0.3) is 10.0 Å². The molecule has 1 aromatic heterocycles. The first-order valence-corrected chi connectivity index (χ1v) is 7.81. The van der Waals surface area contributed by atoms with Crippen molar-refractivity contribution in [2.24, 2.45) is 0 Å². The number of hydrogen-bond acceptors (Lipinski definition) is 4. The van der Waals surface area contributed by atoms with Crippen molar-refractivity contribution in [3.05, 3.63) is 46.3 Å². The van der Waals surface area contributed by atoms with Gasteiger partial charge in [-0.1, -0.05) is 0 Å². The fourth-order valence-corrected chi connectivity index (χ4v) is 3.86. The van der Waals surface area contributed by atoms with Crippen LogP contribution in [0.1, 0.15) is 15.2 Å². The van der Waals surface area contributed by atoms with Crippen LogP contribution < -0.4 is 4.72 Å². The number of benzene rings is 1. The predicted molar refractivity (Wildman–Crippen MR) is 73.2 cm³/mol. The molecule has 0 amide bonds. The number of sulfonamides is 1. The lowest BCUT2D eigenvalue weighted by Gasteiger charge is -2.06. The van der Waals surface area contributed by atoms with Crippen molar-refractivity contribution in [3.63, 3.8) is 0 Å². The minimum Gasteiger partial charge on any atom is -0.477 e. The number of nitrogens with one attached hydrogen (secondary N) is 1. The first-order valence-electron chi connectivity index (χ1n) is 5.51. The highest BCUT2D eigenvalue weighted by Gasteiger charge is 2.20. The zero-order valence-electron chi connectivity index (χ0n) is 10.6. The van der Waals surface area contributed by atoms with E-state index in [0.29, 0.717) is 23.8 Å². The summed E-state index contributed by atoms with van der Waals surface area (Å²) in [5.41, 5.74) is 0.385. The van der Waals surface area contributed by atoms with Crippen molar-refractivity contribution in [1.29, 1.82) is 0 Å². The third-order valence-corrected chi connectivity index (χ3v) is 5.11. The van der Waals surface area contributed by atoms with Crippen LogP contribution in [0.3, 0.4) is 0 Å². The van der Waals surface area contributed by atoms with E-state index in [1.54, 1.807) is 0 Å². The first-order chi connectivity index (χ1) is 9.69. The minimum atomic E-state index is -4.20. The number of carbonyl (C=O) groups is 1. The highest BCUT2D eigenvalue weighted by Crippen LogP contribution is 2.28. The molecule has 0 saturated carbocycles. The molecular formula is C12H9F2NO4S2. The van der Waals surface area contributed by atoms with E-state index in [9.17, 15) is 22.0 Å². The van der Waals surface area contributed by atoms with E-state index in [0.717, 1.165) is 11.3 Å². The number of aryl methyl sites for hydroxylation is 1. The highest BCUT2D eigenvalue weighted by molar-refractivity contribution is 7.93. The summed E-state index contributed by atoms with van der Waals surface area (Å²) >= 11 is 0.720. The Morgan fingerprint density at radius 3 is 2.24 bits per heavy atom.